The Labute approximate surface area is 123 Å². The predicted octanol–water partition coefficient (Wildman–Crippen LogP) is 3.74. The maximum atomic E-state index is 12.5. The van der Waals surface area contributed by atoms with E-state index in [0.717, 1.165) is 6.07 Å². The van der Waals surface area contributed by atoms with E-state index in [1.165, 1.54) is 13.3 Å². The van der Waals surface area contributed by atoms with Gasteiger partial charge < -0.3 is 9.47 Å². The normalized spacial score (nSPS) is 11.3. The lowest BCUT2D eigenvalue weighted by Gasteiger charge is -2.11. The second kappa shape index (κ2) is 6.17. The molecule has 0 fully saturated rings. The Morgan fingerprint density at radius 2 is 2.05 bits per heavy atom. The largest absolute Gasteiger partial charge is 0.495 e. The molecular weight excluding hydrogens is 309 g/mol. The van der Waals surface area contributed by atoms with Crippen LogP contribution in [0.3, 0.4) is 0 Å². The molecule has 0 N–H and O–H groups in total. The summed E-state index contributed by atoms with van der Waals surface area (Å²) in [5, 5.41) is -0.210. The Bertz CT molecular complexity index is 635. The smallest absolute Gasteiger partial charge is 0.417 e. The molecule has 0 radical (unpaired) electrons. The molecule has 21 heavy (non-hydrogen) atoms. The summed E-state index contributed by atoms with van der Waals surface area (Å²) >= 11 is 5.74. The molecule has 2 aromatic rings. The summed E-state index contributed by atoms with van der Waals surface area (Å²) in [6, 6.07) is 2.44. The van der Waals surface area contributed by atoms with E-state index in [1.54, 1.807) is 12.3 Å². The van der Waals surface area contributed by atoms with Crippen LogP contribution in [0.25, 0.3) is 0 Å². The van der Waals surface area contributed by atoms with E-state index in [9.17, 15) is 13.2 Å². The van der Waals surface area contributed by atoms with Gasteiger partial charge in [0, 0.05) is 18.0 Å². The number of aromatic nitrogens is 2. The first-order valence-corrected chi connectivity index (χ1v) is 6.12. The summed E-state index contributed by atoms with van der Waals surface area (Å²) in [5.41, 5.74) is -0.258. The molecule has 8 heteroatoms. The second-order valence-electron chi connectivity index (χ2n) is 3.98. The van der Waals surface area contributed by atoms with Gasteiger partial charge in [-0.15, -0.1) is 0 Å². The molecule has 112 valence electrons. The van der Waals surface area contributed by atoms with Gasteiger partial charge >= 0.3 is 6.18 Å². The van der Waals surface area contributed by atoms with Crippen molar-refractivity contribution in [3.05, 3.63) is 46.9 Å². The van der Waals surface area contributed by atoms with Crippen LogP contribution in [-0.4, -0.2) is 17.1 Å². The van der Waals surface area contributed by atoms with Gasteiger partial charge in [0.1, 0.15) is 17.4 Å². The number of rotatable bonds is 4. The van der Waals surface area contributed by atoms with Gasteiger partial charge in [-0.2, -0.15) is 13.2 Å². The quantitative estimate of drug-likeness (QED) is 0.861. The van der Waals surface area contributed by atoms with Crippen LogP contribution in [0.2, 0.25) is 5.02 Å². The fourth-order valence-electron chi connectivity index (χ4n) is 1.54. The van der Waals surface area contributed by atoms with Crippen LogP contribution in [-0.2, 0) is 12.8 Å². The Morgan fingerprint density at radius 3 is 2.67 bits per heavy atom. The highest BCUT2D eigenvalue weighted by Gasteiger charge is 2.31. The van der Waals surface area contributed by atoms with Crippen LogP contribution in [0.1, 0.15) is 11.1 Å². The standard InChI is InChI=1S/C13H10ClF3N2O2/c1-20-11-6-18-3-2-8(11)7-21-12-10(14)4-9(5-19-12)13(15,16)17/h2-6H,7H2,1H3. The topological polar surface area (TPSA) is 44.2 Å². The molecule has 2 heterocycles. The number of hydrogen-bond donors (Lipinski definition) is 0. The molecule has 0 aliphatic carbocycles. The first-order valence-electron chi connectivity index (χ1n) is 5.74. The Balaban J connectivity index is 2.14. The third-order valence-corrected chi connectivity index (χ3v) is 2.86. The van der Waals surface area contributed by atoms with Crippen molar-refractivity contribution in [2.75, 3.05) is 7.11 Å². The van der Waals surface area contributed by atoms with E-state index in [4.69, 9.17) is 21.1 Å². The SMILES string of the molecule is COc1cnccc1COc1ncc(C(F)(F)F)cc1Cl. The number of pyridine rings is 2. The Hall–Kier alpha value is -2.02. The van der Waals surface area contributed by atoms with Gasteiger partial charge in [-0.25, -0.2) is 4.98 Å². The fraction of sp³-hybridized carbons (Fsp3) is 0.231. The fourth-order valence-corrected chi connectivity index (χ4v) is 1.77. The van der Waals surface area contributed by atoms with Crippen molar-refractivity contribution >= 4 is 11.6 Å². The summed E-state index contributed by atoms with van der Waals surface area (Å²) < 4.78 is 47.9. The van der Waals surface area contributed by atoms with E-state index in [-0.39, 0.29) is 17.5 Å². The average molecular weight is 319 g/mol. The Kier molecular flexibility index (Phi) is 4.52. The van der Waals surface area contributed by atoms with Gasteiger partial charge in [0.2, 0.25) is 5.88 Å². The van der Waals surface area contributed by atoms with Crippen LogP contribution in [0.15, 0.2) is 30.7 Å². The lowest BCUT2D eigenvalue weighted by molar-refractivity contribution is -0.137. The average Bonchev–Trinajstić information content (AvgIpc) is 2.45. The minimum absolute atomic E-state index is 0.0454. The lowest BCUT2D eigenvalue weighted by atomic mass is 10.2. The molecule has 0 atom stereocenters. The molecular formula is C13H10ClF3N2O2. The number of methoxy groups -OCH3 is 1. The number of hydrogen-bond acceptors (Lipinski definition) is 4. The maximum absolute atomic E-state index is 12.5. The summed E-state index contributed by atoms with van der Waals surface area (Å²) in [6.45, 7) is 0.0454. The summed E-state index contributed by atoms with van der Waals surface area (Å²) in [7, 11) is 1.48. The highest BCUT2D eigenvalue weighted by Crippen LogP contribution is 2.33. The zero-order valence-electron chi connectivity index (χ0n) is 10.8. The summed E-state index contributed by atoms with van der Waals surface area (Å²) in [6.07, 6.45) is -0.780. The molecule has 0 aliphatic rings. The van der Waals surface area contributed by atoms with Crippen LogP contribution >= 0.6 is 11.6 Å². The second-order valence-corrected chi connectivity index (χ2v) is 4.39. The molecule has 0 aliphatic heterocycles. The van der Waals surface area contributed by atoms with Crippen LogP contribution in [0, 0.1) is 0 Å². The van der Waals surface area contributed by atoms with E-state index >= 15 is 0 Å². The minimum atomic E-state index is -4.50. The first-order chi connectivity index (χ1) is 9.91. The zero-order chi connectivity index (χ0) is 15.5. The number of halogens is 4. The van der Waals surface area contributed by atoms with Crippen molar-refractivity contribution in [3.63, 3.8) is 0 Å². The molecule has 2 aromatic heterocycles. The van der Waals surface area contributed by atoms with Crippen molar-refractivity contribution < 1.29 is 22.6 Å². The number of alkyl halides is 3. The molecule has 0 unspecified atom stereocenters. The van der Waals surface area contributed by atoms with Crippen LogP contribution in [0.4, 0.5) is 13.2 Å². The Morgan fingerprint density at radius 1 is 1.29 bits per heavy atom. The van der Waals surface area contributed by atoms with Gasteiger partial charge in [-0.1, -0.05) is 11.6 Å². The van der Waals surface area contributed by atoms with Crippen molar-refractivity contribution in [1.82, 2.24) is 9.97 Å². The monoisotopic (exact) mass is 318 g/mol. The van der Waals surface area contributed by atoms with Crippen molar-refractivity contribution in [3.8, 4) is 11.6 Å². The molecule has 4 nitrogen and oxygen atoms in total. The van der Waals surface area contributed by atoms with Gasteiger partial charge in [-0.05, 0) is 12.1 Å². The zero-order valence-corrected chi connectivity index (χ0v) is 11.6. The van der Waals surface area contributed by atoms with E-state index in [2.05, 4.69) is 9.97 Å². The van der Waals surface area contributed by atoms with Gasteiger partial charge in [-0.3, -0.25) is 4.98 Å². The molecule has 0 saturated carbocycles. The van der Waals surface area contributed by atoms with Crippen molar-refractivity contribution in [2.24, 2.45) is 0 Å². The van der Waals surface area contributed by atoms with E-state index in [0.29, 0.717) is 17.5 Å². The van der Waals surface area contributed by atoms with Crippen molar-refractivity contribution in [2.45, 2.75) is 12.8 Å². The van der Waals surface area contributed by atoms with Crippen LogP contribution < -0.4 is 9.47 Å². The first kappa shape index (κ1) is 15.4. The molecule has 0 bridgehead atoms. The number of ether oxygens (including phenoxy) is 2. The highest BCUT2D eigenvalue weighted by atomic mass is 35.5. The third-order valence-electron chi connectivity index (χ3n) is 2.59. The molecule has 0 aromatic carbocycles. The number of nitrogens with zero attached hydrogens (tertiary/aromatic N) is 2. The van der Waals surface area contributed by atoms with Crippen molar-refractivity contribution in [1.29, 1.82) is 0 Å². The highest BCUT2D eigenvalue weighted by molar-refractivity contribution is 6.31. The third kappa shape index (κ3) is 3.75. The molecule has 0 spiro atoms. The van der Waals surface area contributed by atoms with Gasteiger partial charge in [0.25, 0.3) is 0 Å². The van der Waals surface area contributed by atoms with Crippen LogP contribution in [0.5, 0.6) is 11.6 Å². The summed E-state index contributed by atoms with van der Waals surface area (Å²) in [5.74, 6) is 0.420. The lowest BCUT2D eigenvalue weighted by Crippen LogP contribution is -2.07. The molecule has 2 rings (SSSR count). The van der Waals surface area contributed by atoms with E-state index < -0.39 is 11.7 Å². The summed E-state index contributed by atoms with van der Waals surface area (Å²) in [4.78, 5) is 7.46. The molecule has 0 amide bonds. The van der Waals surface area contributed by atoms with Gasteiger partial charge in [0.15, 0.2) is 0 Å². The minimum Gasteiger partial charge on any atom is -0.495 e. The molecule has 0 saturated heterocycles. The van der Waals surface area contributed by atoms with Gasteiger partial charge in [0.05, 0.1) is 18.9 Å². The maximum Gasteiger partial charge on any atom is 0.417 e. The van der Waals surface area contributed by atoms with E-state index in [1.807, 2.05) is 0 Å². The predicted molar refractivity (Wildman–Crippen MR) is 69.4 cm³/mol.